The summed E-state index contributed by atoms with van der Waals surface area (Å²) in [6.07, 6.45) is 65.5. The molecule has 0 saturated carbocycles. The highest BCUT2D eigenvalue weighted by molar-refractivity contribution is 7.47. The molecule has 0 aliphatic carbocycles. The molecule has 0 bridgehead atoms. The summed E-state index contributed by atoms with van der Waals surface area (Å²) >= 11 is 0. The highest BCUT2D eigenvalue weighted by Crippen LogP contribution is 2.45. The maximum absolute atomic E-state index is 13.1. The number of carbonyl (C=O) groups excluding carboxylic acids is 4. The topological polar surface area (TPSA) is 237 Å². The Morgan fingerprint density at radius 3 is 0.680 bits per heavy atom. The number of hydrogen-bond donors (Lipinski definition) is 3. The van der Waals surface area contributed by atoms with Crippen LogP contribution in [0.25, 0.3) is 0 Å². The Morgan fingerprint density at radius 2 is 0.460 bits per heavy atom. The van der Waals surface area contributed by atoms with Crippen molar-refractivity contribution in [2.75, 3.05) is 39.6 Å². The van der Waals surface area contributed by atoms with Crippen LogP contribution in [0.2, 0.25) is 0 Å². The van der Waals surface area contributed by atoms with Gasteiger partial charge in [-0.05, 0) is 31.6 Å². The predicted molar refractivity (Wildman–Crippen MR) is 409 cm³/mol. The van der Waals surface area contributed by atoms with Crippen LogP contribution in [-0.4, -0.2) is 96.7 Å². The number of unbranched alkanes of at least 4 members (excludes halogenated alkanes) is 53. The second-order valence-corrected chi connectivity index (χ2v) is 32.5. The summed E-state index contributed by atoms with van der Waals surface area (Å²) in [7, 11) is -9.91. The Hall–Kier alpha value is -1.94. The van der Waals surface area contributed by atoms with Crippen molar-refractivity contribution >= 4 is 39.5 Å². The number of phosphoric acid groups is 2. The van der Waals surface area contributed by atoms with Crippen LogP contribution in [0.3, 0.4) is 0 Å². The monoisotopic (exact) mass is 1470 g/mol. The molecule has 2 unspecified atom stereocenters. The van der Waals surface area contributed by atoms with Crippen LogP contribution in [-0.2, 0) is 65.4 Å². The van der Waals surface area contributed by atoms with Crippen LogP contribution in [0.15, 0.2) is 0 Å². The number of ether oxygens (including phenoxy) is 4. The van der Waals surface area contributed by atoms with Gasteiger partial charge in [-0.2, -0.15) is 0 Å². The van der Waals surface area contributed by atoms with Gasteiger partial charge >= 0.3 is 39.5 Å². The van der Waals surface area contributed by atoms with E-state index in [1.807, 2.05) is 0 Å². The van der Waals surface area contributed by atoms with Crippen LogP contribution in [0.1, 0.15) is 433 Å². The Bertz CT molecular complexity index is 1910. The van der Waals surface area contributed by atoms with Crippen molar-refractivity contribution in [2.45, 2.75) is 451 Å². The highest BCUT2D eigenvalue weighted by Gasteiger charge is 2.30. The predicted octanol–water partition coefficient (Wildman–Crippen LogP) is 24.4. The molecular weight excluding hydrogens is 1310 g/mol. The van der Waals surface area contributed by atoms with Crippen molar-refractivity contribution in [1.82, 2.24) is 0 Å². The SMILES string of the molecule is CCCCCCCCCCCCCCCCCCCCCCC(=O)O[C@H](COC(=O)CCCCCCCCCCCCCCCCCCCC)COP(=O)(O)OC[C@@H](O)COP(=O)(O)OC[C@@H](COC(=O)CCCCCCCCC)OC(=O)CCCCCCCCCCCCCCC(C)C. The molecule has 0 fully saturated rings. The zero-order valence-electron chi connectivity index (χ0n) is 65.3. The van der Waals surface area contributed by atoms with Gasteiger partial charge < -0.3 is 33.8 Å². The lowest BCUT2D eigenvalue weighted by atomic mass is 10.0. The molecule has 19 heteroatoms. The molecule has 0 rings (SSSR count). The minimum absolute atomic E-state index is 0.107. The van der Waals surface area contributed by atoms with Crippen molar-refractivity contribution in [2.24, 2.45) is 5.92 Å². The summed E-state index contributed by atoms with van der Waals surface area (Å²) < 4.78 is 68.6. The molecule has 0 spiro atoms. The maximum atomic E-state index is 13.1. The minimum atomic E-state index is -4.96. The van der Waals surface area contributed by atoms with Gasteiger partial charge in [0.25, 0.3) is 0 Å². The van der Waals surface area contributed by atoms with E-state index in [9.17, 15) is 43.2 Å². The zero-order chi connectivity index (χ0) is 73.4. The zero-order valence-corrected chi connectivity index (χ0v) is 67.1. The van der Waals surface area contributed by atoms with Gasteiger partial charge in [0.1, 0.15) is 19.3 Å². The second-order valence-electron chi connectivity index (χ2n) is 29.6. The molecule has 0 amide bonds. The number of carbonyl (C=O) groups is 4. The van der Waals surface area contributed by atoms with E-state index in [1.54, 1.807) is 0 Å². The lowest BCUT2D eigenvalue weighted by Gasteiger charge is -2.21. The minimum Gasteiger partial charge on any atom is -0.462 e. The van der Waals surface area contributed by atoms with Gasteiger partial charge in [-0.1, -0.05) is 381 Å². The molecule has 0 aromatic heterocycles. The van der Waals surface area contributed by atoms with E-state index in [0.717, 1.165) is 109 Å². The molecule has 0 heterocycles. The van der Waals surface area contributed by atoms with Gasteiger partial charge in [-0.15, -0.1) is 0 Å². The standard InChI is InChI=1S/C81H158O17P2/c1-6-9-12-15-18-20-22-24-26-28-30-31-33-35-37-42-46-51-56-61-66-81(86)98-77(71-92-79(84)65-60-55-50-45-41-36-34-32-29-27-25-23-21-19-16-13-10-7-2)73-96-100(89,90)94-69-75(82)68-93-99(87,88)95-72-76(70-91-78(83)64-59-54-48-17-14-11-8-3)97-80(85)67-62-57-52-47-43-39-38-40-44-49-53-58-63-74(4)5/h74-77,82H,6-73H2,1-5H3,(H,87,88)(H,89,90)/t75-,76+,77+/m0/s1. The van der Waals surface area contributed by atoms with Crippen LogP contribution < -0.4 is 0 Å². The van der Waals surface area contributed by atoms with Gasteiger partial charge in [-0.25, -0.2) is 9.13 Å². The van der Waals surface area contributed by atoms with E-state index < -0.39 is 97.5 Å². The maximum Gasteiger partial charge on any atom is 0.472 e. The van der Waals surface area contributed by atoms with Crippen molar-refractivity contribution < 1.29 is 80.2 Å². The van der Waals surface area contributed by atoms with E-state index >= 15 is 0 Å². The number of phosphoric ester groups is 2. The van der Waals surface area contributed by atoms with Crippen molar-refractivity contribution in [3.8, 4) is 0 Å². The fourth-order valence-corrected chi connectivity index (χ4v) is 14.2. The van der Waals surface area contributed by atoms with Crippen LogP contribution >= 0.6 is 15.6 Å². The van der Waals surface area contributed by atoms with Crippen LogP contribution in [0, 0.1) is 5.92 Å². The molecule has 0 aliphatic heterocycles. The first-order valence-corrected chi connectivity index (χ1v) is 45.1. The first-order valence-electron chi connectivity index (χ1n) is 42.1. The van der Waals surface area contributed by atoms with Crippen molar-refractivity contribution in [3.05, 3.63) is 0 Å². The van der Waals surface area contributed by atoms with E-state index in [-0.39, 0.29) is 25.7 Å². The van der Waals surface area contributed by atoms with Crippen LogP contribution in [0.5, 0.6) is 0 Å². The van der Waals surface area contributed by atoms with Crippen LogP contribution in [0.4, 0.5) is 0 Å². The molecule has 0 aromatic rings. The molecule has 5 atom stereocenters. The summed E-state index contributed by atoms with van der Waals surface area (Å²) in [6, 6.07) is 0. The van der Waals surface area contributed by atoms with Crippen molar-refractivity contribution in [1.29, 1.82) is 0 Å². The molecule has 0 radical (unpaired) electrons. The molecule has 100 heavy (non-hydrogen) atoms. The van der Waals surface area contributed by atoms with E-state index in [1.165, 1.54) is 244 Å². The summed E-state index contributed by atoms with van der Waals surface area (Å²) in [5.74, 6) is -1.33. The summed E-state index contributed by atoms with van der Waals surface area (Å²) in [5.41, 5.74) is 0. The first-order chi connectivity index (χ1) is 48.5. The van der Waals surface area contributed by atoms with Gasteiger partial charge in [0.2, 0.25) is 0 Å². The van der Waals surface area contributed by atoms with Gasteiger partial charge in [0.15, 0.2) is 12.2 Å². The third-order valence-electron chi connectivity index (χ3n) is 19.0. The number of aliphatic hydroxyl groups excluding tert-OH is 1. The normalized spacial score (nSPS) is 13.8. The summed E-state index contributed by atoms with van der Waals surface area (Å²) in [6.45, 7) is 7.30. The highest BCUT2D eigenvalue weighted by atomic mass is 31.2. The van der Waals surface area contributed by atoms with E-state index in [2.05, 4.69) is 34.6 Å². The second kappa shape index (κ2) is 73.9. The van der Waals surface area contributed by atoms with E-state index in [0.29, 0.717) is 25.7 Å². The fraction of sp³-hybridized carbons (Fsp3) is 0.951. The number of hydrogen-bond acceptors (Lipinski definition) is 15. The Labute approximate surface area is 613 Å². The lowest BCUT2D eigenvalue weighted by Crippen LogP contribution is -2.30. The van der Waals surface area contributed by atoms with Crippen molar-refractivity contribution in [3.63, 3.8) is 0 Å². The lowest BCUT2D eigenvalue weighted by molar-refractivity contribution is -0.161. The fourth-order valence-electron chi connectivity index (χ4n) is 12.6. The van der Waals surface area contributed by atoms with E-state index in [4.69, 9.17) is 37.0 Å². The Balaban J connectivity index is 5.17. The third-order valence-corrected chi connectivity index (χ3v) is 20.9. The molecular formula is C81H158O17P2. The molecule has 0 aliphatic rings. The summed E-state index contributed by atoms with van der Waals surface area (Å²) in [4.78, 5) is 72.9. The number of aliphatic hydroxyl groups is 1. The molecule has 0 saturated heterocycles. The van der Waals surface area contributed by atoms with Gasteiger partial charge in [0, 0.05) is 25.7 Å². The average Bonchev–Trinajstić information content (AvgIpc) is 0.931. The smallest absolute Gasteiger partial charge is 0.462 e. The quantitative estimate of drug-likeness (QED) is 0.0222. The molecule has 594 valence electrons. The third kappa shape index (κ3) is 74.3. The molecule has 17 nitrogen and oxygen atoms in total. The van der Waals surface area contributed by atoms with Gasteiger partial charge in [-0.3, -0.25) is 37.3 Å². The first kappa shape index (κ1) is 98.1. The number of esters is 4. The Morgan fingerprint density at radius 1 is 0.270 bits per heavy atom. The average molecular weight is 1470 g/mol. The van der Waals surface area contributed by atoms with Gasteiger partial charge in [0.05, 0.1) is 26.4 Å². The molecule has 3 N–H and O–H groups in total. The number of rotatable bonds is 81. The largest absolute Gasteiger partial charge is 0.472 e. The Kier molecular flexibility index (Phi) is 72.5. The molecule has 0 aromatic carbocycles. The summed E-state index contributed by atoms with van der Waals surface area (Å²) in [5, 5.41) is 10.6.